The van der Waals surface area contributed by atoms with Crippen molar-refractivity contribution in [2.45, 2.75) is 13.1 Å². The fraction of sp³-hybridized carbons (Fsp3) is 0.143. The summed E-state index contributed by atoms with van der Waals surface area (Å²) >= 11 is 0. The van der Waals surface area contributed by atoms with Gasteiger partial charge in [0.05, 0.1) is 0 Å². The fourth-order valence-corrected chi connectivity index (χ4v) is 1.89. The zero-order valence-corrected chi connectivity index (χ0v) is 10.7. The van der Waals surface area contributed by atoms with E-state index in [0.29, 0.717) is 11.6 Å². The summed E-state index contributed by atoms with van der Waals surface area (Å²) in [5.74, 6) is -4.07. The number of hydrogen-bond donors (Lipinski definition) is 1. The Balaban J connectivity index is 2.53. The first-order chi connectivity index (χ1) is 9.82. The van der Waals surface area contributed by atoms with Gasteiger partial charge in [-0.1, -0.05) is 27.2 Å². The number of phenols is 1. The van der Waals surface area contributed by atoms with Crippen molar-refractivity contribution in [3.63, 3.8) is 0 Å². The first-order valence-corrected chi connectivity index (χ1v) is 5.86. The number of allylic oxidation sites excluding steroid dienone is 4. The first kappa shape index (κ1) is 15.1. The number of rotatable bonds is 2. The lowest BCUT2D eigenvalue weighted by molar-refractivity contribution is -0.116. The van der Waals surface area contributed by atoms with Gasteiger partial charge in [0.1, 0.15) is 11.4 Å². The van der Waals surface area contributed by atoms with Crippen molar-refractivity contribution in [3.05, 3.63) is 58.3 Å². The summed E-state index contributed by atoms with van der Waals surface area (Å²) in [5.41, 5.74) is -1.31. The zero-order chi connectivity index (χ0) is 15.7. The Morgan fingerprint density at radius 2 is 1.90 bits per heavy atom. The van der Waals surface area contributed by atoms with Crippen LogP contribution in [0.25, 0.3) is 6.08 Å². The molecule has 1 atom stereocenters. The van der Waals surface area contributed by atoms with E-state index >= 15 is 0 Å². The summed E-state index contributed by atoms with van der Waals surface area (Å²) in [6, 6.07) is 4.52. The molecule has 0 radical (unpaired) electrons. The number of alkyl halides is 1. The normalized spacial score (nSPS) is 20.8. The lowest BCUT2D eigenvalue weighted by Gasteiger charge is -2.17. The van der Waals surface area contributed by atoms with Crippen LogP contribution in [0.5, 0.6) is 5.75 Å². The molecule has 0 saturated carbocycles. The highest BCUT2D eigenvalue weighted by Crippen LogP contribution is 2.36. The van der Waals surface area contributed by atoms with Gasteiger partial charge in [0.2, 0.25) is 0 Å². The van der Waals surface area contributed by atoms with Gasteiger partial charge in [0.25, 0.3) is 0 Å². The average Bonchev–Trinajstić information content (AvgIpc) is 2.43. The molecule has 1 N–H and O–H groups in total. The largest absolute Gasteiger partial charge is 0.507 e. The molecule has 0 aromatic heterocycles. The third-order valence-corrected chi connectivity index (χ3v) is 3.03. The molecule has 0 heterocycles. The van der Waals surface area contributed by atoms with Gasteiger partial charge < -0.3 is 5.11 Å². The minimum Gasteiger partial charge on any atom is -0.507 e. The van der Waals surface area contributed by atoms with E-state index < -0.39 is 34.4 Å². The van der Waals surface area contributed by atoms with Gasteiger partial charge in [-0.15, -0.1) is 0 Å². The Kier molecular flexibility index (Phi) is 4.02. The summed E-state index contributed by atoms with van der Waals surface area (Å²) < 4.78 is 65.2. The summed E-state index contributed by atoms with van der Waals surface area (Å²) in [5, 5.41) is 8.15. The zero-order valence-electron chi connectivity index (χ0n) is 10.7. The maximum absolute atomic E-state index is 13.7. The second kappa shape index (κ2) is 5.59. The molecule has 1 aromatic carbocycles. The molecule has 0 amide bonds. The van der Waals surface area contributed by atoms with Crippen molar-refractivity contribution in [2.24, 2.45) is 0 Å². The maximum atomic E-state index is 13.7. The fourth-order valence-electron chi connectivity index (χ4n) is 1.89. The Morgan fingerprint density at radius 1 is 1.24 bits per heavy atom. The topological polar surface area (TPSA) is 23.5 Å². The molecule has 0 aliphatic heterocycles. The number of aromatic hydroxyl groups is 1. The predicted octanol–water partition coefficient (Wildman–Crippen LogP) is 4.54. The molecule has 7 heteroatoms. The molecule has 1 aliphatic carbocycles. The number of halogens is 5. The minimum absolute atomic E-state index is 0.114. The molecule has 2 rings (SSSR count). The molecular weight excluding hydrogens is 293 g/mol. The molecule has 1 unspecified atom stereocenters. The molecule has 0 fully saturated rings. The van der Waals surface area contributed by atoms with Gasteiger partial charge in [-0.25, -0.2) is 13.2 Å². The van der Waals surface area contributed by atoms with Gasteiger partial charge in [-0.05, 0) is 35.6 Å². The lowest BCUT2D eigenvalue weighted by atomic mass is 9.98. The second-order valence-electron chi connectivity index (χ2n) is 4.44. The van der Waals surface area contributed by atoms with E-state index in [-0.39, 0.29) is 11.3 Å². The third kappa shape index (κ3) is 2.76. The Hall–Kier alpha value is -2.31. The van der Waals surface area contributed by atoms with Crippen LogP contribution in [0.15, 0.2) is 47.2 Å². The van der Waals surface area contributed by atoms with Crippen LogP contribution in [0.4, 0.5) is 22.1 Å². The summed E-state index contributed by atoms with van der Waals surface area (Å²) in [6.07, 6.45) is -1.03. The van der Waals surface area contributed by atoms with Crippen molar-refractivity contribution in [1.29, 1.82) is 0 Å². The standard InChI is InChI=1S/C14H10F5NO/c1-7-3-2-4-8(14(7)21)5-9-6-10(20(18)19)12(16)13(17)11(9)15/h2-6,11,21H,1H3/b9-5+. The van der Waals surface area contributed by atoms with E-state index in [2.05, 4.69) is 0 Å². The quantitative estimate of drug-likeness (QED) is 0.640. The van der Waals surface area contributed by atoms with Crippen LogP contribution in [0.2, 0.25) is 0 Å². The van der Waals surface area contributed by atoms with E-state index in [1.807, 2.05) is 0 Å². The van der Waals surface area contributed by atoms with E-state index in [9.17, 15) is 27.2 Å². The first-order valence-electron chi connectivity index (χ1n) is 5.86. The monoisotopic (exact) mass is 303 g/mol. The third-order valence-electron chi connectivity index (χ3n) is 3.03. The van der Waals surface area contributed by atoms with Crippen molar-refractivity contribution in [3.8, 4) is 5.75 Å². The van der Waals surface area contributed by atoms with Gasteiger partial charge in [-0.2, -0.15) is 0 Å². The van der Waals surface area contributed by atoms with E-state index in [4.69, 9.17) is 0 Å². The molecule has 0 saturated heterocycles. The molecule has 1 aromatic rings. The Bertz CT molecular complexity index is 663. The van der Waals surface area contributed by atoms with Gasteiger partial charge in [0.15, 0.2) is 17.8 Å². The van der Waals surface area contributed by atoms with Crippen LogP contribution in [-0.4, -0.2) is 16.6 Å². The average molecular weight is 303 g/mol. The van der Waals surface area contributed by atoms with Crippen LogP contribution in [0, 0.1) is 6.92 Å². The van der Waals surface area contributed by atoms with Crippen LogP contribution in [0.1, 0.15) is 11.1 Å². The highest BCUT2D eigenvalue weighted by Gasteiger charge is 2.32. The Labute approximate surface area is 117 Å². The maximum Gasteiger partial charge on any atom is 0.186 e. The summed E-state index contributed by atoms with van der Waals surface area (Å²) in [4.78, 5) is 0. The Morgan fingerprint density at radius 3 is 2.52 bits per heavy atom. The van der Waals surface area contributed by atoms with E-state index in [0.717, 1.165) is 6.08 Å². The number of benzene rings is 1. The molecular formula is C14H10F5NO. The van der Waals surface area contributed by atoms with Crippen LogP contribution < -0.4 is 0 Å². The number of hydrogen-bond acceptors (Lipinski definition) is 2. The van der Waals surface area contributed by atoms with Crippen molar-refractivity contribution >= 4 is 6.08 Å². The van der Waals surface area contributed by atoms with Crippen molar-refractivity contribution in [1.82, 2.24) is 5.34 Å². The van der Waals surface area contributed by atoms with E-state index in [1.165, 1.54) is 6.07 Å². The molecule has 2 nitrogen and oxygen atoms in total. The van der Waals surface area contributed by atoms with Gasteiger partial charge >= 0.3 is 0 Å². The smallest absolute Gasteiger partial charge is 0.186 e. The number of para-hydroxylation sites is 1. The number of aryl methyl sites for hydroxylation is 1. The summed E-state index contributed by atoms with van der Waals surface area (Å²) in [6.45, 7) is 1.58. The van der Waals surface area contributed by atoms with Crippen molar-refractivity contribution in [2.75, 3.05) is 0 Å². The summed E-state index contributed by atoms with van der Waals surface area (Å²) in [7, 11) is 0. The molecule has 0 bridgehead atoms. The second-order valence-corrected chi connectivity index (χ2v) is 4.44. The van der Waals surface area contributed by atoms with Crippen LogP contribution in [0.3, 0.4) is 0 Å². The van der Waals surface area contributed by atoms with Gasteiger partial charge in [-0.3, -0.25) is 0 Å². The number of nitrogens with zero attached hydrogens (tertiary/aromatic N) is 1. The van der Waals surface area contributed by atoms with E-state index in [1.54, 1.807) is 19.1 Å². The molecule has 0 spiro atoms. The SMILES string of the molecule is Cc1cccc(/C=C2\C=C(N(F)F)C(F)=C(F)C2F)c1O. The highest BCUT2D eigenvalue weighted by atomic mass is 19.4. The van der Waals surface area contributed by atoms with Crippen LogP contribution >= 0.6 is 0 Å². The van der Waals surface area contributed by atoms with Gasteiger partial charge in [0, 0.05) is 5.56 Å². The predicted molar refractivity (Wildman–Crippen MR) is 67.1 cm³/mol. The molecule has 1 aliphatic rings. The van der Waals surface area contributed by atoms with Crippen LogP contribution in [-0.2, 0) is 0 Å². The highest BCUT2D eigenvalue weighted by molar-refractivity contribution is 5.66. The number of phenolic OH excluding ortho intramolecular Hbond substituents is 1. The minimum atomic E-state index is -2.51. The molecule has 21 heavy (non-hydrogen) atoms. The molecule has 112 valence electrons. The lowest BCUT2D eigenvalue weighted by Crippen LogP contribution is -2.16. The van der Waals surface area contributed by atoms with Crippen molar-refractivity contribution < 1.29 is 27.2 Å².